The number of likely N-dealkylation sites (tertiary alicyclic amines) is 1. The summed E-state index contributed by atoms with van der Waals surface area (Å²) in [5.74, 6) is 0.758. The summed E-state index contributed by atoms with van der Waals surface area (Å²) in [4.78, 5) is 14.4. The number of benzene rings is 1. The average Bonchev–Trinajstić information content (AvgIpc) is 3.29. The van der Waals surface area contributed by atoms with Gasteiger partial charge in [-0.25, -0.2) is 17.9 Å². The van der Waals surface area contributed by atoms with Crippen molar-refractivity contribution in [3.63, 3.8) is 0 Å². The van der Waals surface area contributed by atoms with Gasteiger partial charge in [-0.3, -0.25) is 4.90 Å². The third-order valence-electron chi connectivity index (χ3n) is 4.47. The molecule has 0 saturated carbocycles. The molecular weight excluding hydrogens is 354 g/mol. The van der Waals surface area contributed by atoms with E-state index >= 15 is 0 Å². The Morgan fingerprint density at radius 1 is 1.19 bits per heavy atom. The lowest BCUT2D eigenvalue weighted by molar-refractivity contribution is 0.205. The van der Waals surface area contributed by atoms with E-state index in [1.807, 2.05) is 13.0 Å². The van der Waals surface area contributed by atoms with Crippen LogP contribution >= 0.6 is 0 Å². The number of amides is 2. The van der Waals surface area contributed by atoms with Gasteiger partial charge in [0.15, 0.2) is 0 Å². The van der Waals surface area contributed by atoms with Crippen LogP contribution in [-0.2, 0) is 10.0 Å². The lowest BCUT2D eigenvalue weighted by atomic mass is 10.2. The van der Waals surface area contributed by atoms with Crippen LogP contribution in [0.15, 0.2) is 52.0 Å². The maximum atomic E-state index is 12.3. The highest BCUT2D eigenvalue weighted by Crippen LogP contribution is 2.24. The van der Waals surface area contributed by atoms with Crippen molar-refractivity contribution < 1.29 is 17.6 Å². The number of carbonyl (C=O) groups is 1. The SMILES string of the molecule is Cc1ccc(S(=O)(=O)NC(=O)NCC(c2ccco2)N2CCCC2)cc1. The molecule has 3 rings (SSSR count). The molecule has 1 aliphatic heterocycles. The fraction of sp³-hybridized carbons (Fsp3) is 0.389. The first-order valence-corrected chi connectivity index (χ1v) is 10.1. The zero-order valence-electron chi connectivity index (χ0n) is 14.6. The van der Waals surface area contributed by atoms with Crippen molar-refractivity contribution in [2.24, 2.45) is 0 Å². The maximum absolute atomic E-state index is 12.3. The Morgan fingerprint density at radius 3 is 2.50 bits per heavy atom. The highest BCUT2D eigenvalue weighted by atomic mass is 32.2. The van der Waals surface area contributed by atoms with Crippen molar-refractivity contribution >= 4 is 16.1 Å². The van der Waals surface area contributed by atoms with Gasteiger partial charge in [-0.05, 0) is 57.1 Å². The summed E-state index contributed by atoms with van der Waals surface area (Å²) in [6, 6.07) is 9.13. The van der Waals surface area contributed by atoms with Crippen LogP contribution in [0.2, 0.25) is 0 Å². The molecule has 8 heteroatoms. The number of furan rings is 1. The first-order chi connectivity index (χ1) is 12.5. The first kappa shape index (κ1) is 18.5. The quantitative estimate of drug-likeness (QED) is 0.807. The van der Waals surface area contributed by atoms with Gasteiger partial charge in [0.1, 0.15) is 5.76 Å². The molecule has 0 aliphatic carbocycles. The Balaban J connectivity index is 1.62. The lowest BCUT2D eigenvalue weighted by Gasteiger charge is -2.26. The number of hydrogen-bond acceptors (Lipinski definition) is 5. The number of carbonyl (C=O) groups excluding carboxylic acids is 1. The summed E-state index contributed by atoms with van der Waals surface area (Å²) in [6.45, 7) is 3.99. The number of rotatable bonds is 6. The number of aryl methyl sites for hydroxylation is 1. The van der Waals surface area contributed by atoms with Crippen LogP contribution in [0.3, 0.4) is 0 Å². The normalized spacial score (nSPS) is 16.3. The molecule has 1 atom stereocenters. The minimum Gasteiger partial charge on any atom is -0.468 e. The predicted octanol–water partition coefficient (Wildman–Crippen LogP) is 2.41. The molecule has 1 saturated heterocycles. The van der Waals surface area contributed by atoms with Crippen LogP contribution in [0, 0.1) is 6.92 Å². The molecule has 26 heavy (non-hydrogen) atoms. The van der Waals surface area contributed by atoms with E-state index < -0.39 is 16.1 Å². The molecule has 0 bridgehead atoms. The van der Waals surface area contributed by atoms with Crippen molar-refractivity contribution in [2.75, 3.05) is 19.6 Å². The summed E-state index contributed by atoms with van der Waals surface area (Å²) in [5, 5.41) is 2.65. The molecule has 1 aromatic heterocycles. The Kier molecular flexibility index (Phi) is 5.63. The fourth-order valence-electron chi connectivity index (χ4n) is 3.07. The summed E-state index contributed by atoms with van der Waals surface area (Å²) in [6.07, 6.45) is 3.80. The van der Waals surface area contributed by atoms with Crippen LogP contribution in [0.4, 0.5) is 4.79 Å². The number of sulfonamides is 1. The topological polar surface area (TPSA) is 91.6 Å². The van der Waals surface area contributed by atoms with E-state index in [2.05, 4.69) is 14.9 Å². The van der Waals surface area contributed by atoms with Crippen molar-refractivity contribution in [2.45, 2.75) is 30.7 Å². The Labute approximate surface area is 153 Å². The molecule has 2 amide bonds. The highest BCUT2D eigenvalue weighted by molar-refractivity contribution is 7.90. The second-order valence-corrected chi connectivity index (χ2v) is 8.09. The predicted molar refractivity (Wildman–Crippen MR) is 97.2 cm³/mol. The molecular formula is C18H23N3O4S. The minimum atomic E-state index is -3.90. The largest absolute Gasteiger partial charge is 0.468 e. The first-order valence-electron chi connectivity index (χ1n) is 8.60. The third kappa shape index (κ3) is 4.44. The van der Waals surface area contributed by atoms with Gasteiger partial charge in [0.05, 0.1) is 17.2 Å². The Bertz CT molecular complexity index is 826. The molecule has 7 nitrogen and oxygen atoms in total. The van der Waals surface area contributed by atoms with E-state index in [1.54, 1.807) is 24.5 Å². The van der Waals surface area contributed by atoms with E-state index in [-0.39, 0.29) is 17.5 Å². The van der Waals surface area contributed by atoms with Crippen molar-refractivity contribution in [1.82, 2.24) is 14.9 Å². The molecule has 1 aromatic carbocycles. The molecule has 140 valence electrons. The van der Waals surface area contributed by atoms with E-state index in [0.717, 1.165) is 37.3 Å². The average molecular weight is 377 g/mol. The summed E-state index contributed by atoms with van der Waals surface area (Å²) < 4.78 is 32.1. The van der Waals surface area contributed by atoms with Gasteiger partial charge < -0.3 is 9.73 Å². The van der Waals surface area contributed by atoms with Crippen LogP contribution in [0.1, 0.15) is 30.2 Å². The van der Waals surface area contributed by atoms with Gasteiger partial charge in [-0.15, -0.1) is 0 Å². The molecule has 1 aliphatic rings. The summed E-state index contributed by atoms with van der Waals surface area (Å²) in [5.41, 5.74) is 0.945. The van der Waals surface area contributed by atoms with Gasteiger partial charge in [0, 0.05) is 6.54 Å². The number of nitrogens with zero attached hydrogens (tertiary/aromatic N) is 1. The molecule has 2 heterocycles. The second-order valence-electron chi connectivity index (χ2n) is 6.40. The van der Waals surface area contributed by atoms with Gasteiger partial charge in [0.25, 0.3) is 10.0 Å². The minimum absolute atomic E-state index is 0.0559. The molecule has 0 radical (unpaired) electrons. The van der Waals surface area contributed by atoms with Gasteiger partial charge in [-0.2, -0.15) is 0 Å². The second kappa shape index (κ2) is 7.92. The Hall–Kier alpha value is -2.32. The molecule has 0 spiro atoms. The summed E-state index contributed by atoms with van der Waals surface area (Å²) in [7, 11) is -3.90. The number of nitrogens with one attached hydrogen (secondary N) is 2. The molecule has 2 N–H and O–H groups in total. The van der Waals surface area contributed by atoms with Gasteiger partial charge in [0.2, 0.25) is 0 Å². The maximum Gasteiger partial charge on any atom is 0.328 e. The monoisotopic (exact) mass is 377 g/mol. The smallest absolute Gasteiger partial charge is 0.328 e. The van der Waals surface area contributed by atoms with E-state index in [0.29, 0.717) is 0 Å². The van der Waals surface area contributed by atoms with Crippen LogP contribution in [0.5, 0.6) is 0 Å². The number of hydrogen-bond donors (Lipinski definition) is 2. The molecule has 1 unspecified atom stereocenters. The van der Waals surface area contributed by atoms with Gasteiger partial charge in [-0.1, -0.05) is 17.7 Å². The standard InChI is InChI=1S/C18H23N3O4S/c1-14-6-8-15(9-7-14)26(23,24)20-18(22)19-13-16(17-5-4-12-25-17)21-10-2-3-11-21/h4-9,12,16H,2-3,10-11,13H2,1H3,(H2,19,20,22). The molecule has 1 fully saturated rings. The summed E-state index contributed by atoms with van der Waals surface area (Å²) >= 11 is 0. The van der Waals surface area contributed by atoms with Crippen molar-refractivity contribution in [3.05, 3.63) is 54.0 Å². The van der Waals surface area contributed by atoms with Crippen molar-refractivity contribution in [1.29, 1.82) is 0 Å². The highest BCUT2D eigenvalue weighted by Gasteiger charge is 2.26. The van der Waals surface area contributed by atoms with E-state index in [9.17, 15) is 13.2 Å². The lowest BCUT2D eigenvalue weighted by Crippen LogP contribution is -2.43. The zero-order valence-corrected chi connectivity index (χ0v) is 15.5. The third-order valence-corrected chi connectivity index (χ3v) is 5.81. The zero-order chi connectivity index (χ0) is 18.6. The van der Waals surface area contributed by atoms with Crippen LogP contribution < -0.4 is 10.0 Å². The van der Waals surface area contributed by atoms with E-state index in [1.165, 1.54) is 12.1 Å². The van der Waals surface area contributed by atoms with Crippen LogP contribution in [0.25, 0.3) is 0 Å². The van der Waals surface area contributed by atoms with Gasteiger partial charge >= 0.3 is 6.03 Å². The van der Waals surface area contributed by atoms with Crippen LogP contribution in [-0.4, -0.2) is 39.0 Å². The van der Waals surface area contributed by atoms with E-state index in [4.69, 9.17) is 4.42 Å². The Morgan fingerprint density at radius 2 is 1.88 bits per heavy atom. The fourth-order valence-corrected chi connectivity index (χ4v) is 4.00. The molecule has 2 aromatic rings. The van der Waals surface area contributed by atoms with Crippen molar-refractivity contribution in [3.8, 4) is 0 Å². The number of urea groups is 1.